The van der Waals surface area contributed by atoms with E-state index in [1.165, 1.54) is 0 Å². The van der Waals surface area contributed by atoms with E-state index < -0.39 is 0 Å². The van der Waals surface area contributed by atoms with E-state index >= 15 is 0 Å². The Labute approximate surface area is 102 Å². The van der Waals surface area contributed by atoms with Gasteiger partial charge in [0.15, 0.2) is 0 Å². The number of methoxy groups -OCH3 is 1. The average molecular weight is 233 g/mol. The normalized spacial score (nSPS) is 16.4. The van der Waals surface area contributed by atoms with Crippen molar-refractivity contribution in [3.05, 3.63) is 29.8 Å². The first-order chi connectivity index (χ1) is 8.24. The molecule has 0 unspecified atom stereocenters. The maximum Gasteiger partial charge on any atom is 0.223 e. The molecule has 1 saturated carbocycles. The summed E-state index contributed by atoms with van der Waals surface area (Å²) in [5.41, 5.74) is 1.14. The molecule has 1 aliphatic carbocycles. The number of carbonyl (C=O) groups is 1. The summed E-state index contributed by atoms with van der Waals surface area (Å²) in [5, 5.41) is 3.10. The van der Waals surface area contributed by atoms with Gasteiger partial charge >= 0.3 is 0 Å². The van der Waals surface area contributed by atoms with Gasteiger partial charge < -0.3 is 10.1 Å². The van der Waals surface area contributed by atoms with E-state index in [1.807, 2.05) is 24.3 Å². The van der Waals surface area contributed by atoms with Gasteiger partial charge in [0.2, 0.25) is 5.91 Å². The molecule has 2 rings (SSSR count). The van der Waals surface area contributed by atoms with Gasteiger partial charge in [-0.05, 0) is 37.0 Å². The van der Waals surface area contributed by atoms with E-state index in [2.05, 4.69) is 12.2 Å². The number of carbonyl (C=O) groups excluding carboxylic acids is 1. The highest BCUT2D eigenvalue weighted by molar-refractivity contribution is 5.81. The molecule has 0 saturated heterocycles. The fourth-order valence-corrected chi connectivity index (χ4v) is 1.89. The molecule has 3 heteroatoms. The number of rotatable bonds is 5. The van der Waals surface area contributed by atoms with Crippen LogP contribution in [0, 0.1) is 5.92 Å². The van der Waals surface area contributed by atoms with Crippen molar-refractivity contribution < 1.29 is 9.53 Å². The van der Waals surface area contributed by atoms with E-state index in [0.717, 1.165) is 30.6 Å². The van der Waals surface area contributed by atoms with Gasteiger partial charge in [0.1, 0.15) is 5.75 Å². The van der Waals surface area contributed by atoms with Crippen molar-refractivity contribution in [3.63, 3.8) is 0 Å². The third-order valence-corrected chi connectivity index (χ3v) is 3.19. The second-order valence-electron chi connectivity index (χ2n) is 4.52. The van der Waals surface area contributed by atoms with E-state index in [-0.39, 0.29) is 17.9 Å². The molecule has 1 aromatic carbocycles. The number of benzene rings is 1. The highest BCUT2D eigenvalue weighted by Crippen LogP contribution is 2.30. The van der Waals surface area contributed by atoms with Crippen LogP contribution in [0.2, 0.25) is 0 Å². The molecule has 0 spiro atoms. The molecule has 1 amide bonds. The zero-order valence-electron chi connectivity index (χ0n) is 10.4. The smallest absolute Gasteiger partial charge is 0.223 e. The number of ether oxygens (including phenoxy) is 1. The van der Waals surface area contributed by atoms with Gasteiger partial charge in [0.25, 0.3) is 0 Å². The molecule has 1 fully saturated rings. The monoisotopic (exact) mass is 233 g/mol. The standard InChI is InChI=1S/C14H19NO2/c1-3-13(15-14(16)11-4-5-11)10-6-8-12(17-2)9-7-10/h6-9,11,13H,3-5H2,1-2H3,(H,15,16)/t13-/m1/s1. The number of hydrogen-bond acceptors (Lipinski definition) is 2. The lowest BCUT2D eigenvalue weighted by Crippen LogP contribution is -2.29. The first kappa shape index (κ1) is 12.0. The molecule has 17 heavy (non-hydrogen) atoms. The highest BCUT2D eigenvalue weighted by Gasteiger charge is 2.30. The molecule has 1 atom stereocenters. The number of amides is 1. The Morgan fingerprint density at radius 2 is 2.06 bits per heavy atom. The van der Waals surface area contributed by atoms with Crippen LogP contribution >= 0.6 is 0 Å². The Hall–Kier alpha value is -1.51. The molecule has 0 aliphatic heterocycles. The Morgan fingerprint density at radius 1 is 1.41 bits per heavy atom. The first-order valence-corrected chi connectivity index (χ1v) is 6.19. The molecular weight excluding hydrogens is 214 g/mol. The van der Waals surface area contributed by atoms with Crippen LogP contribution in [0.4, 0.5) is 0 Å². The lowest BCUT2D eigenvalue weighted by Gasteiger charge is -2.17. The Bertz CT molecular complexity index is 382. The molecular formula is C14H19NO2. The van der Waals surface area contributed by atoms with Crippen molar-refractivity contribution in [1.29, 1.82) is 0 Å². The summed E-state index contributed by atoms with van der Waals surface area (Å²) in [4.78, 5) is 11.7. The van der Waals surface area contributed by atoms with Crippen molar-refractivity contribution >= 4 is 5.91 Å². The van der Waals surface area contributed by atoms with Crippen LogP contribution in [0.5, 0.6) is 5.75 Å². The van der Waals surface area contributed by atoms with Crippen molar-refractivity contribution in [2.75, 3.05) is 7.11 Å². The first-order valence-electron chi connectivity index (χ1n) is 6.19. The third kappa shape index (κ3) is 2.99. The predicted octanol–water partition coefficient (Wildman–Crippen LogP) is 2.67. The minimum atomic E-state index is 0.119. The zero-order valence-corrected chi connectivity index (χ0v) is 10.4. The molecule has 0 bridgehead atoms. The van der Waals surface area contributed by atoms with Gasteiger partial charge in [-0.15, -0.1) is 0 Å². The minimum absolute atomic E-state index is 0.119. The van der Waals surface area contributed by atoms with Crippen LogP contribution in [-0.2, 0) is 4.79 Å². The summed E-state index contributed by atoms with van der Waals surface area (Å²) in [7, 11) is 1.65. The summed E-state index contributed by atoms with van der Waals surface area (Å²) in [6.45, 7) is 2.09. The fraction of sp³-hybridized carbons (Fsp3) is 0.500. The van der Waals surface area contributed by atoms with Crippen molar-refractivity contribution in [1.82, 2.24) is 5.32 Å². The average Bonchev–Trinajstić information content (AvgIpc) is 3.20. The molecule has 3 nitrogen and oxygen atoms in total. The zero-order chi connectivity index (χ0) is 12.3. The maximum atomic E-state index is 11.7. The second-order valence-corrected chi connectivity index (χ2v) is 4.52. The number of hydrogen-bond donors (Lipinski definition) is 1. The van der Waals surface area contributed by atoms with Crippen LogP contribution < -0.4 is 10.1 Å². The largest absolute Gasteiger partial charge is 0.497 e. The van der Waals surface area contributed by atoms with Crippen LogP contribution in [0.3, 0.4) is 0 Å². The van der Waals surface area contributed by atoms with Crippen LogP contribution in [0.25, 0.3) is 0 Å². The van der Waals surface area contributed by atoms with Crippen molar-refractivity contribution in [2.45, 2.75) is 32.2 Å². The van der Waals surface area contributed by atoms with E-state index in [4.69, 9.17) is 4.74 Å². The summed E-state index contributed by atoms with van der Waals surface area (Å²) in [5.74, 6) is 1.31. The quantitative estimate of drug-likeness (QED) is 0.849. The lowest BCUT2D eigenvalue weighted by molar-refractivity contribution is -0.123. The fourth-order valence-electron chi connectivity index (χ4n) is 1.89. The minimum Gasteiger partial charge on any atom is -0.497 e. The van der Waals surface area contributed by atoms with E-state index in [1.54, 1.807) is 7.11 Å². The van der Waals surface area contributed by atoms with Gasteiger partial charge in [-0.25, -0.2) is 0 Å². The van der Waals surface area contributed by atoms with E-state index in [0.29, 0.717) is 0 Å². The van der Waals surface area contributed by atoms with Gasteiger partial charge in [0.05, 0.1) is 13.2 Å². The van der Waals surface area contributed by atoms with Gasteiger partial charge in [-0.2, -0.15) is 0 Å². The summed E-state index contributed by atoms with van der Waals surface area (Å²) in [6.07, 6.45) is 3.00. The molecule has 1 aliphatic rings. The van der Waals surface area contributed by atoms with Crippen LogP contribution in [0.15, 0.2) is 24.3 Å². The Morgan fingerprint density at radius 3 is 2.53 bits per heavy atom. The molecule has 1 N–H and O–H groups in total. The lowest BCUT2D eigenvalue weighted by atomic mass is 10.0. The van der Waals surface area contributed by atoms with Gasteiger partial charge in [-0.3, -0.25) is 4.79 Å². The molecule has 1 aromatic rings. The molecule has 92 valence electrons. The van der Waals surface area contributed by atoms with Crippen LogP contribution in [0.1, 0.15) is 37.8 Å². The highest BCUT2D eigenvalue weighted by atomic mass is 16.5. The SMILES string of the molecule is CC[C@@H](NC(=O)C1CC1)c1ccc(OC)cc1. The molecule has 0 radical (unpaired) electrons. The molecule has 0 heterocycles. The van der Waals surface area contributed by atoms with Gasteiger partial charge in [0, 0.05) is 5.92 Å². The van der Waals surface area contributed by atoms with Crippen molar-refractivity contribution in [3.8, 4) is 5.75 Å². The predicted molar refractivity (Wildman–Crippen MR) is 66.9 cm³/mol. The summed E-state index contributed by atoms with van der Waals surface area (Å²) >= 11 is 0. The Kier molecular flexibility index (Phi) is 3.67. The number of nitrogens with one attached hydrogen (secondary N) is 1. The maximum absolute atomic E-state index is 11.7. The van der Waals surface area contributed by atoms with Gasteiger partial charge in [-0.1, -0.05) is 19.1 Å². The molecule has 0 aromatic heterocycles. The topological polar surface area (TPSA) is 38.3 Å². The van der Waals surface area contributed by atoms with Crippen molar-refractivity contribution in [2.24, 2.45) is 5.92 Å². The second kappa shape index (κ2) is 5.21. The summed E-state index contributed by atoms with van der Waals surface area (Å²) in [6, 6.07) is 8.01. The Balaban J connectivity index is 2.02. The third-order valence-electron chi connectivity index (χ3n) is 3.19. The summed E-state index contributed by atoms with van der Waals surface area (Å²) < 4.78 is 5.12. The van der Waals surface area contributed by atoms with Crippen LogP contribution in [-0.4, -0.2) is 13.0 Å². The van der Waals surface area contributed by atoms with E-state index in [9.17, 15) is 4.79 Å².